The molecule has 0 heterocycles. The molecule has 0 bridgehead atoms. The summed E-state index contributed by atoms with van der Waals surface area (Å²) >= 11 is 0. The largest absolute Gasteiger partial charge is 0.432 e. The van der Waals surface area contributed by atoms with Gasteiger partial charge in [-0.25, -0.2) is 0 Å². The molecule has 1 aromatic carbocycles. The molecular weight excluding hydrogens is 312 g/mol. The molecule has 0 saturated carbocycles. The molecule has 0 aliphatic carbocycles. The Bertz CT molecular complexity index is 503. The van der Waals surface area contributed by atoms with Gasteiger partial charge in [-0.1, -0.05) is 0 Å². The van der Waals surface area contributed by atoms with E-state index in [0.717, 1.165) is 6.07 Å². The molecule has 9 heteroatoms. The second-order valence-electron chi connectivity index (χ2n) is 4.46. The third kappa shape index (κ3) is 4.47. The van der Waals surface area contributed by atoms with Crippen LogP contribution in [0.25, 0.3) is 0 Å². The zero-order chi connectivity index (χ0) is 16.6. The summed E-state index contributed by atoms with van der Waals surface area (Å²) < 4.78 is 105. The fraction of sp³-hybridized carbons (Fsp3) is 0.500. The second-order valence-corrected chi connectivity index (χ2v) is 4.46. The lowest BCUT2D eigenvalue weighted by Crippen LogP contribution is -2.41. The van der Waals surface area contributed by atoms with Gasteiger partial charge < -0.3 is 4.74 Å². The van der Waals surface area contributed by atoms with Gasteiger partial charge in [0.2, 0.25) is 0 Å². The van der Waals surface area contributed by atoms with Crippen LogP contribution in [-0.4, -0.2) is 12.3 Å². The van der Waals surface area contributed by atoms with Crippen molar-refractivity contribution in [3.63, 3.8) is 0 Å². The van der Waals surface area contributed by atoms with E-state index >= 15 is 0 Å². The minimum Gasteiger partial charge on any atom is -0.432 e. The smallest absolute Gasteiger partial charge is 0.416 e. The average molecular weight is 322 g/mol. The van der Waals surface area contributed by atoms with Crippen molar-refractivity contribution in [2.24, 2.45) is 5.92 Å². The minimum absolute atomic E-state index is 0.0738. The van der Waals surface area contributed by atoms with Crippen LogP contribution in [0.1, 0.15) is 18.1 Å². The highest BCUT2D eigenvalue weighted by molar-refractivity contribution is 5.35. The molecule has 0 aromatic heterocycles. The first kappa shape index (κ1) is 17.5. The summed E-state index contributed by atoms with van der Waals surface area (Å²) in [6.45, 7) is 1.36. The molecule has 1 nitrogen and oxygen atoms in total. The van der Waals surface area contributed by atoms with E-state index in [4.69, 9.17) is 0 Å². The zero-order valence-electron chi connectivity index (χ0n) is 10.7. The van der Waals surface area contributed by atoms with Crippen LogP contribution < -0.4 is 4.74 Å². The van der Waals surface area contributed by atoms with E-state index in [0.29, 0.717) is 6.07 Å². The van der Waals surface area contributed by atoms with Crippen molar-refractivity contribution in [3.05, 3.63) is 29.3 Å². The molecule has 120 valence electrons. The Morgan fingerprint density at radius 1 is 0.905 bits per heavy atom. The number of benzene rings is 1. The van der Waals surface area contributed by atoms with Gasteiger partial charge in [-0.3, -0.25) is 0 Å². The fourth-order valence-corrected chi connectivity index (χ4v) is 1.41. The zero-order valence-corrected chi connectivity index (χ0v) is 10.7. The average Bonchev–Trinajstić information content (AvgIpc) is 2.24. The summed E-state index contributed by atoms with van der Waals surface area (Å²) in [6.07, 6.45) is -14.8. The van der Waals surface area contributed by atoms with Gasteiger partial charge in [-0.2, -0.15) is 35.1 Å². The number of hydrogen-bond donors (Lipinski definition) is 0. The van der Waals surface area contributed by atoms with Gasteiger partial charge in [0, 0.05) is 0 Å². The predicted octanol–water partition coefficient (Wildman–Crippen LogP) is 5.18. The van der Waals surface area contributed by atoms with E-state index in [9.17, 15) is 35.1 Å². The van der Waals surface area contributed by atoms with Gasteiger partial charge >= 0.3 is 18.5 Å². The molecule has 1 atom stereocenters. The minimum atomic E-state index is -5.25. The highest BCUT2D eigenvalue weighted by atomic mass is 19.4. The maximum Gasteiger partial charge on any atom is 0.416 e. The number of hydrogen-bond acceptors (Lipinski definition) is 1. The molecule has 21 heavy (non-hydrogen) atoms. The maximum absolute atomic E-state index is 13.3. The van der Waals surface area contributed by atoms with Crippen molar-refractivity contribution in [3.8, 4) is 5.75 Å². The molecular formula is C12H10F8O. The lowest BCUT2D eigenvalue weighted by molar-refractivity contribution is -0.298. The summed E-state index contributed by atoms with van der Waals surface area (Å²) in [5, 5.41) is 0. The first-order chi connectivity index (χ1) is 9.23. The van der Waals surface area contributed by atoms with Gasteiger partial charge in [0.1, 0.15) is 5.75 Å². The Morgan fingerprint density at radius 2 is 1.43 bits per heavy atom. The van der Waals surface area contributed by atoms with Crippen molar-refractivity contribution in [2.45, 2.75) is 32.3 Å². The van der Waals surface area contributed by atoms with E-state index in [-0.39, 0.29) is 18.6 Å². The van der Waals surface area contributed by atoms with Gasteiger partial charge in [-0.05, 0) is 37.6 Å². The molecule has 0 radical (unpaired) electrons. The van der Waals surface area contributed by atoms with Crippen LogP contribution in [0.3, 0.4) is 0 Å². The molecule has 0 spiro atoms. The molecule has 1 rings (SSSR count). The molecule has 0 aliphatic rings. The maximum atomic E-state index is 13.3. The quantitative estimate of drug-likeness (QED) is 0.696. The topological polar surface area (TPSA) is 9.23 Å². The molecule has 0 aliphatic heterocycles. The highest BCUT2D eigenvalue weighted by Crippen LogP contribution is 2.40. The molecule has 0 saturated heterocycles. The van der Waals surface area contributed by atoms with E-state index in [1.807, 2.05) is 0 Å². The summed E-state index contributed by atoms with van der Waals surface area (Å²) in [7, 11) is 0. The van der Waals surface area contributed by atoms with Crippen molar-refractivity contribution in [1.29, 1.82) is 0 Å². The Balaban J connectivity index is 3.11. The van der Waals surface area contributed by atoms with Gasteiger partial charge in [0.15, 0.2) is 5.92 Å². The number of halogens is 8. The van der Waals surface area contributed by atoms with Crippen LogP contribution in [0.4, 0.5) is 35.1 Å². The highest BCUT2D eigenvalue weighted by Gasteiger charge is 2.55. The second kappa shape index (κ2) is 5.34. The summed E-state index contributed by atoms with van der Waals surface area (Å²) in [5.74, 6) is -4.15. The Hall–Kier alpha value is -1.54. The SMILES string of the molecule is Cc1cc(OC(F)(F)C(C)C(F)(F)F)cc(C(F)(F)F)c1. The third-order valence-electron chi connectivity index (χ3n) is 2.63. The standard InChI is InChI=1S/C12H10F8O/c1-6-3-8(11(16,17)18)5-9(4-6)21-12(19,20)7(2)10(13,14)15/h3-5,7H,1-2H3. The van der Waals surface area contributed by atoms with Crippen molar-refractivity contribution in [1.82, 2.24) is 0 Å². The van der Waals surface area contributed by atoms with Gasteiger partial charge in [0.05, 0.1) is 5.56 Å². The summed E-state index contributed by atoms with van der Waals surface area (Å²) in [4.78, 5) is 0. The van der Waals surface area contributed by atoms with Crippen molar-refractivity contribution in [2.75, 3.05) is 0 Å². The molecule has 0 amide bonds. The number of ether oxygens (including phenoxy) is 1. The van der Waals surface area contributed by atoms with Crippen LogP contribution in [0.15, 0.2) is 18.2 Å². The Kier molecular flexibility index (Phi) is 4.45. The van der Waals surface area contributed by atoms with E-state index in [1.54, 1.807) is 0 Å². The van der Waals surface area contributed by atoms with E-state index in [1.165, 1.54) is 6.92 Å². The summed E-state index contributed by atoms with van der Waals surface area (Å²) in [5.41, 5.74) is -1.36. The molecule has 1 unspecified atom stereocenters. The van der Waals surface area contributed by atoms with Crippen molar-refractivity contribution < 1.29 is 39.9 Å². The number of aryl methyl sites for hydroxylation is 1. The summed E-state index contributed by atoms with van der Waals surface area (Å²) in [6, 6.07) is 1.69. The van der Waals surface area contributed by atoms with Gasteiger partial charge in [-0.15, -0.1) is 0 Å². The van der Waals surface area contributed by atoms with Crippen LogP contribution in [0.5, 0.6) is 5.75 Å². The monoisotopic (exact) mass is 322 g/mol. The Morgan fingerprint density at radius 3 is 1.86 bits per heavy atom. The van der Waals surface area contributed by atoms with E-state index < -0.39 is 35.7 Å². The molecule has 0 fully saturated rings. The predicted molar refractivity (Wildman–Crippen MR) is 57.0 cm³/mol. The number of rotatable bonds is 3. The number of alkyl halides is 8. The lowest BCUT2D eigenvalue weighted by Gasteiger charge is -2.26. The fourth-order valence-electron chi connectivity index (χ4n) is 1.41. The molecule has 1 aromatic rings. The Labute approximate surface area is 114 Å². The first-order valence-corrected chi connectivity index (χ1v) is 5.56. The van der Waals surface area contributed by atoms with Crippen LogP contribution in [0.2, 0.25) is 0 Å². The van der Waals surface area contributed by atoms with E-state index in [2.05, 4.69) is 4.74 Å². The van der Waals surface area contributed by atoms with Crippen LogP contribution in [0, 0.1) is 12.8 Å². The third-order valence-corrected chi connectivity index (χ3v) is 2.63. The molecule has 0 N–H and O–H groups in total. The first-order valence-electron chi connectivity index (χ1n) is 5.56. The van der Waals surface area contributed by atoms with Crippen LogP contribution >= 0.6 is 0 Å². The van der Waals surface area contributed by atoms with Crippen LogP contribution in [-0.2, 0) is 6.18 Å². The van der Waals surface area contributed by atoms with Gasteiger partial charge in [0.25, 0.3) is 0 Å². The lowest BCUT2D eigenvalue weighted by atomic mass is 10.1. The van der Waals surface area contributed by atoms with Crippen molar-refractivity contribution >= 4 is 0 Å². The normalized spacial score (nSPS) is 15.0.